The van der Waals surface area contributed by atoms with E-state index in [9.17, 15) is 18.0 Å². The van der Waals surface area contributed by atoms with Crippen LogP contribution >= 0.6 is 0 Å². The molecule has 3 aliphatic rings. The Kier molecular flexibility index (Phi) is 2.04. The first-order valence-electron chi connectivity index (χ1n) is 5.84. The van der Waals surface area contributed by atoms with Gasteiger partial charge in [-0.1, -0.05) is 0 Å². The van der Waals surface area contributed by atoms with Crippen molar-refractivity contribution >= 4 is 21.7 Å². The van der Waals surface area contributed by atoms with Gasteiger partial charge in [0, 0.05) is 18.2 Å². The van der Waals surface area contributed by atoms with Gasteiger partial charge in [0.05, 0.1) is 17.6 Å². The molecule has 0 aromatic rings. The highest BCUT2D eigenvalue weighted by Gasteiger charge is 2.61. The van der Waals surface area contributed by atoms with Crippen molar-refractivity contribution in [1.82, 2.24) is 4.90 Å². The number of sulfone groups is 1. The van der Waals surface area contributed by atoms with Crippen LogP contribution in [0.15, 0.2) is 0 Å². The molecule has 1 heterocycles. The van der Waals surface area contributed by atoms with Crippen LogP contribution < -0.4 is 0 Å². The minimum atomic E-state index is -3.05. The van der Waals surface area contributed by atoms with Gasteiger partial charge in [-0.25, -0.2) is 8.42 Å². The van der Waals surface area contributed by atoms with Crippen LogP contribution in [-0.2, 0) is 19.4 Å². The molecule has 0 spiro atoms. The van der Waals surface area contributed by atoms with Crippen molar-refractivity contribution in [3.05, 3.63) is 0 Å². The van der Waals surface area contributed by atoms with Gasteiger partial charge in [-0.2, -0.15) is 0 Å². The lowest BCUT2D eigenvalue weighted by molar-refractivity contribution is -0.142. The van der Waals surface area contributed by atoms with Crippen molar-refractivity contribution in [2.75, 3.05) is 18.6 Å². The summed E-state index contributed by atoms with van der Waals surface area (Å²) >= 11 is 0. The summed E-state index contributed by atoms with van der Waals surface area (Å²) in [6, 6.07) is 0. The SMILES string of the molecule is CS(=O)(=O)CC1(CN2C(=O)C3CC3C2=O)CC1. The summed E-state index contributed by atoms with van der Waals surface area (Å²) in [5.74, 6) is -0.250. The normalized spacial score (nSPS) is 33.8. The molecule has 0 aromatic heterocycles. The molecule has 17 heavy (non-hydrogen) atoms. The lowest BCUT2D eigenvalue weighted by atomic mass is 10.1. The predicted octanol–water partition coefficient (Wildman–Crippen LogP) is -0.184. The summed E-state index contributed by atoms with van der Waals surface area (Å²) < 4.78 is 22.6. The second kappa shape index (κ2) is 3.10. The Hall–Kier alpha value is -0.910. The summed E-state index contributed by atoms with van der Waals surface area (Å²) in [5, 5.41) is 0. The maximum atomic E-state index is 11.8. The van der Waals surface area contributed by atoms with E-state index in [2.05, 4.69) is 0 Å². The Bertz CT molecular complexity index is 486. The first kappa shape index (κ1) is 11.2. The van der Waals surface area contributed by atoms with Crippen LogP contribution in [-0.4, -0.2) is 43.7 Å². The summed E-state index contributed by atoms with van der Waals surface area (Å²) in [6.07, 6.45) is 3.50. The number of carbonyl (C=O) groups is 2. The zero-order valence-electron chi connectivity index (χ0n) is 9.68. The third-order valence-electron chi connectivity index (χ3n) is 3.98. The van der Waals surface area contributed by atoms with Crippen LogP contribution in [0.3, 0.4) is 0 Å². The van der Waals surface area contributed by atoms with Crippen LogP contribution in [0.2, 0.25) is 0 Å². The molecular weight excluding hydrogens is 242 g/mol. The molecule has 3 rings (SSSR count). The standard InChI is InChI=1S/C11H15NO4S/c1-17(15,16)6-11(2-3-11)5-12-9(13)7-4-8(7)10(12)14/h7-8H,2-6H2,1H3. The van der Waals surface area contributed by atoms with Gasteiger partial charge in [-0.3, -0.25) is 14.5 Å². The molecule has 0 aromatic carbocycles. The van der Waals surface area contributed by atoms with Crippen molar-refractivity contribution in [1.29, 1.82) is 0 Å². The molecule has 2 atom stereocenters. The minimum Gasteiger partial charge on any atom is -0.282 e. The van der Waals surface area contributed by atoms with Gasteiger partial charge in [0.2, 0.25) is 11.8 Å². The Labute approximate surface area is 100 Å². The van der Waals surface area contributed by atoms with Gasteiger partial charge in [-0.15, -0.1) is 0 Å². The Balaban J connectivity index is 1.72. The van der Waals surface area contributed by atoms with E-state index in [1.165, 1.54) is 11.2 Å². The molecule has 94 valence electrons. The molecule has 0 N–H and O–H groups in total. The van der Waals surface area contributed by atoms with Gasteiger partial charge in [0.25, 0.3) is 0 Å². The number of carbonyl (C=O) groups excluding carboxylic acids is 2. The summed E-state index contributed by atoms with van der Waals surface area (Å²) in [6.45, 7) is 0.310. The predicted molar refractivity (Wildman–Crippen MR) is 59.7 cm³/mol. The van der Waals surface area contributed by atoms with Crippen LogP contribution in [0.1, 0.15) is 19.3 Å². The average molecular weight is 257 g/mol. The van der Waals surface area contributed by atoms with E-state index in [1.54, 1.807) is 0 Å². The molecule has 0 radical (unpaired) electrons. The molecule has 0 bridgehead atoms. The van der Waals surface area contributed by atoms with Crippen LogP contribution in [0.25, 0.3) is 0 Å². The van der Waals surface area contributed by atoms with Crippen molar-refractivity contribution in [2.45, 2.75) is 19.3 Å². The van der Waals surface area contributed by atoms with Gasteiger partial charge >= 0.3 is 0 Å². The number of hydrogen-bond donors (Lipinski definition) is 0. The number of nitrogens with zero attached hydrogens (tertiary/aromatic N) is 1. The van der Waals surface area contributed by atoms with Crippen LogP contribution in [0.4, 0.5) is 0 Å². The third kappa shape index (κ3) is 1.88. The van der Waals surface area contributed by atoms with Gasteiger partial charge in [-0.05, 0) is 19.3 Å². The first-order chi connectivity index (χ1) is 7.81. The fourth-order valence-electron chi connectivity index (χ4n) is 2.82. The molecule has 2 aliphatic carbocycles. The highest BCUT2D eigenvalue weighted by Crippen LogP contribution is 2.52. The second-order valence-corrected chi connectivity index (χ2v) is 7.92. The quantitative estimate of drug-likeness (QED) is 0.655. The largest absolute Gasteiger partial charge is 0.282 e. The van der Waals surface area contributed by atoms with E-state index in [0.717, 1.165) is 12.8 Å². The molecule has 1 aliphatic heterocycles. The number of fused-ring (bicyclic) bond motifs is 1. The zero-order valence-corrected chi connectivity index (χ0v) is 10.5. The van der Waals surface area contributed by atoms with Crippen LogP contribution in [0.5, 0.6) is 0 Å². The summed E-state index contributed by atoms with van der Waals surface area (Å²) in [7, 11) is -3.05. The lowest BCUT2D eigenvalue weighted by Crippen LogP contribution is -2.39. The number of piperidine rings is 1. The van der Waals surface area contributed by atoms with Crippen LogP contribution in [0, 0.1) is 17.3 Å². The zero-order chi connectivity index (χ0) is 12.4. The van der Waals surface area contributed by atoms with E-state index >= 15 is 0 Å². The van der Waals surface area contributed by atoms with Gasteiger partial charge in [0.15, 0.2) is 0 Å². The maximum Gasteiger partial charge on any atom is 0.233 e. The Morgan fingerprint density at radius 1 is 1.24 bits per heavy atom. The summed E-state index contributed by atoms with van der Waals surface area (Å²) in [5.41, 5.74) is -0.338. The monoisotopic (exact) mass is 257 g/mol. The van der Waals surface area contributed by atoms with E-state index in [4.69, 9.17) is 0 Å². The van der Waals surface area contributed by atoms with Crippen molar-refractivity contribution in [3.8, 4) is 0 Å². The number of imide groups is 1. The average Bonchev–Trinajstić information content (AvgIpc) is 3.03. The van der Waals surface area contributed by atoms with E-state index in [-0.39, 0.29) is 34.8 Å². The minimum absolute atomic E-state index is 0.0835. The summed E-state index contributed by atoms with van der Waals surface area (Å²) in [4.78, 5) is 24.9. The molecule has 2 saturated carbocycles. The lowest BCUT2D eigenvalue weighted by Gasteiger charge is -2.22. The number of hydrogen-bond acceptors (Lipinski definition) is 4. The topological polar surface area (TPSA) is 71.5 Å². The van der Waals surface area contributed by atoms with E-state index in [0.29, 0.717) is 13.0 Å². The number of likely N-dealkylation sites (tertiary alicyclic amines) is 1. The number of rotatable bonds is 4. The maximum absolute atomic E-state index is 11.8. The van der Waals surface area contributed by atoms with Crippen molar-refractivity contribution < 1.29 is 18.0 Å². The smallest absolute Gasteiger partial charge is 0.233 e. The van der Waals surface area contributed by atoms with E-state index < -0.39 is 9.84 Å². The Morgan fingerprint density at radius 3 is 2.18 bits per heavy atom. The van der Waals surface area contributed by atoms with Gasteiger partial charge < -0.3 is 0 Å². The highest BCUT2D eigenvalue weighted by molar-refractivity contribution is 7.90. The molecule has 5 nitrogen and oxygen atoms in total. The number of amides is 2. The molecule has 2 unspecified atom stereocenters. The molecule has 6 heteroatoms. The van der Waals surface area contributed by atoms with E-state index in [1.807, 2.05) is 0 Å². The molecule has 1 saturated heterocycles. The fraction of sp³-hybridized carbons (Fsp3) is 0.818. The molecular formula is C11H15NO4S. The highest BCUT2D eigenvalue weighted by atomic mass is 32.2. The fourth-order valence-corrected chi connectivity index (χ4v) is 4.31. The van der Waals surface area contributed by atoms with Crippen molar-refractivity contribution in [2.24, 2.45) is 17.3 Å². The second-order valence-electron chi connectivity index (χ2n) is 5.78. The Morgan fingerprint density at radius 2 is 1.76 bits per heavy atom. The molecule has 2 amide bonds. The van der Waals surface area contributed by atoms with Crippen molar-refractivity contribution in [3.63, 3.8) is 0 Å². The third-order valence-corrected chi connectivity index (χ3v) is 5.11. The van der Waals surface area contributed by atoms with Gasteiger partial charge in [0.1, 0.15) is 9.84 Å². The first-order valence-corrected chi connectivity index (χ1v) is 7.90. The molecule has 3 fully saturated rings.